The molecule has 3 aromatic carbocycles. The van der Waals surface area contributed by atoms with Gasteiger partial charge in [0.15, 0.2) is 0 Å². The van der Waals surface area contributed by atoms with Gasteiger partial charge in [-0.15, -0.1) is 5.11 Å². The molecule has 7 nitrogen and oxygen atoms in total. The van der Waals surface area contributed by atoms with E-state index in [1.807, 2.05) is 0 Å². The fourth-order valence-corrected chi connectivity index (χ4v) is 2.94. The molecule has 0 unspecified atom stereocenters. The molecule has 0 amide bonds. The van der Waals surface area contributed by atoms with Gasteiger partial charge in [-0.25, -0.2) is 8.42 Å². The minimum absolute atomic E-state index is 0. The minimum Gasteiger partial charge on any atom is -0.744 e. The molecule has 1 N–H and O–H groups in total. The van der Waals surface area contributed by atoms with Crippen molar-refractivity contribution >= 4 is 32.3 Å². The molecule has 0 aliphatic carbocycles. The Morgan fingerprint density at radius 1 is 0.962 bits per heavy atom. The quantitative estimate of drug-likeness (QED) is 0.410. The normalized spacial score (nSPS) is 11.5. The van der Waals surface area contributed by atoms with E-state index < -0.39 is 20.8 Å². The molecule has 0 radical (unpaired) electrons. The van der Waals surface area contributed by atoms with Crippen molar-refractivity contribution in [3.63, 3.8) is 0 Å². The summed E-state index contributed by atoms with van der Waals surface area (Å²) in [4.78, 5) is -0.663. The summed E-state index contributed by atoms with van der Waals surface area (Å²) in [5, 5.41) is 19.0. The van der Waals surface area contributed by atoms with Gasteiger partial charge in [-0.2, -0.15) is 5.11 Å². The largest absolute Gasteiger partial charge is 1.00 e. The maximum atomic E-state index is 11.2. The molecule has 0 fully saturated rings. The van der Waals surface area contributed by atoms with Crippen molar-refractivity contribution in [1.82, 2.24) is 0 Å². The third kappa shape index (κ3) is 4.22. The van der Waals surface area contributed by atoms with Crippen LogP contribution in [0.4, 0.5) is 11.4 Å². The maximum absolute atomic E-state index is 11.2. The predicted octanol–water partition coefficient (Wildman–Crippen LogP) is 0.877. The van der Waals surface area contributed by atoms with E-state index in [9.17, 15) is 18.1 Å². The first-order chi connectivity index (χ1) is 11.9. The van der Waals surface area contributed by atoms with E-state index in [-0.39, 0.29) is 34.9 Å². The van der Waals surface area contributed by atoms with Crippen LogP contribution in [-0.4, -0.2) is 25.2 Å². The van der Waals surface area contributed by atoms with Gasteiger partial charge in [0, 0.05) is 10.8 Å². The number of aromatic hydroxyl groups is 1. The summed E-state index contributed by atoms with van der Waals surface area (Å²) in [7, 11) is -3.20. The summed E-state index contributed by atoms with van der Waals surface area (Å²) in [5.74, 6) is 0.106. The van der Waals surface area contributed by atoms with Crippen molar-refractivity contribution in [3.05, 3.63) is 54.6 Å². The van der Waals surface area contributed by atoms with E-state index in [0.29, 0.717) is 22.5 Å². The Morgan fingerprint density at radius 2 is 1.65 bits per heavy atom. The average Bonchev–Trinajstić information content (AvgIpc) is 2.59. The monoisotopic (exact) mass is 380 g/mol. The van der Waals surface area contributed by atoms with Crippen LogP contribution in [0.5, 0.6) is 11.5 Å². The standard InChI is InChI=1S/C17H14N2O5S.Na/c1-24-12-7-5-11(6-8-12)18-19-15-4-2-3-14-13(15)9-10-16(17(14)20)25(21,22)23;/h2-10,20H,1H3,(H,21,22,23);/q;+1/p-1. The van der Waals surface area contributed by atoms with E-state index >= 15 is 0 Å². The van der Waals surface area contributed by atoms with Crippen LogP contribution in [-0.2, 0) is 10.1 Å². The van der Waals surface area contributed by atoms with Gasteiger partial charge in [0.1, 0.15) is 21.6 Å². The smallest absolute Gasteiger partial charge is 0.744 e. The molecule has 26 heavy (non-hydrogen) atoms. The number of hydrogen-bond donors (Lipinski definition) is 1. The molecule has 3 aromatic rings. The summed E-state index contributed by atoms with van der Waals surface area (Å²) in [6.07, 6.45) is 0. The first-order valence-corrected chi connectivity index (χ1v) is 8.57. The second kappa shape index (κ2) is 8.15. The Morgan fingerprint density at radius 3 is 2.27 bits per heavy atom. The summed E-state index contributed by atoms with van der Waals surface area (Å²) in [6, 6.07) is 14.2. The van der Waals surface area contributed by atoms with Crippen molar-refractivity contribution in [1.29, 1.82) is 0 Å². The fraction of sp³-hybridized carbons (Fsp3) is 0.0588. The summed E-state index contributed by atoms with van der Waals surface area (Å²) >= 11 is 0. The number of phenolic OH excluding ortho intramolecular Hbond substituents is 1. The molecule has 0 heterocycles. The first kappa shape index (κ1) is 20.3. The van der Waals surface area contributed by atoms with E-state index in [4.69, 9.17) is 4.74 Å². The summed E-state index contributed by atoms with van der Waals surface area (Å²) in [5.41, 5.74) is 1.03. The number of phenols is 1. The van der Waals surface area contributed by atoms with E-state index in [0.717, 1.165) is 6.07 Å². The van der Waals surface area contributed by atoms with Gasteiger partial charge in [0.25, 0.3) is 0 Å². The molecule has 0 aliphatic rings. The third-order valence-corrected chi connectivity index (χ3v) is 4.46. The number of azo groups is 1. The topological polar surface area (TPSA) is 111 Å². The van der Waals surface area contributed by atoms with Crippen molar-refractivity contribution in [2.75, 3.05) is 7.11 Å². The van der Waals surface area contributed by atoms with Gasteiger partial charge in [-0.3, -0.25) is 0 Å². The molecule has 0 spiro atoms. The number of hydrogen-bond acceptors (Lipinski definition) is 7. The van der Waals surface area contributed by atoms with E-state index in [1.165, 1.54) is 12.1 Å². The number of fused-ring (bicyclic) bond motifs is 1. The van der Waals surface area contributed by atoms with Crippen LogP contribution < -0.4 is 34.3 Å². The third-order valence-electron chi connectivity index (χ3n) is 3.59. The summed E-state index contributed by atoms with van der Waals surface area (Å²) in [6.45, 7) is 0. The SMILES string of the molecule is COc1ccc(N=Nc2cccc3c(O)c(S(=O)(=O)[O-])ccc23)cc1.[Na+]. The number of ether oxygens (including phenoxy) is 1. The van der Waals surface area contributed by atoms with Crippen molar-refractivity contribution in [3.8, 4) is 11.5 Å². The molecule has 0 atom stereocenters. The zero-order chi connectivity index (χ0) is 18.0. The van der Waals surface area contributed by atoms with Crippen LogP contribution in [0.2, 0.25) is 0 Å². The fourth-order valence-electron chi connectivity index (χ4n) is 2.35. The van der Waals surface area contributed by atoms with Crippen LogP contribution in [0.25, 0.3) is 10.8 Å². The summed E-state index contributed by atoms with van der Waals surface area (Å²) < 4.78 is 38.6. The first-order valence-electron chi connectivity index (χ1n) is 7.16. The molecule has 128 valence electrons. The Labute approximate surface area is 172 Å². The Bertz CT molecular complexity index is 1070. The molecule has 0 aliphatic heterocycles. The second-order valence-corrected chi connectivity index (χ2v) is 6.48. The van der Waals surface area contributed by atoms with Gasteiger partial charge in [-0.05, 0) is 36.4 Å². The van der Waals surface area contributed by atoms with Crippen LogP contribution in [0.1, 0.15) is 0 Å². The Hall–Kier alpha value is -1.97. The number of rotatable bonds is 4. The van der Waals surface area contributed by atoms with E-state index in [1.54, 1.807) is 43.5 Å². The zero-order valence-electron chi connectivity index (χ0n) is 14.1. The molecule has 0 aromatic heterocycles. The maximum Gasteiger partial charge on any atom is 1.00 e. The zero-order valence-corrected chi connectivity index (χ0v) is 16.9. The van der Waals surface area contributed by atoms with Crippen molar-refractivity contribution in [2.24, 2.45) is 10.2 Å². The Balaban J connectivity index is 0.00000243. The van der Waals surface area contributed by atoms with Gasteiger partial charge in [0.2, 0.25) is 0 Å². The average molecular weight is 380 g/mol. The minimum atomic E-state index is -4.77. The van der Waals surface area contributed by atoms with Gasteiger partial charge in [-0.1, -0.05) is 18.2 Å². The predicted molar refractivity (Wildman–Crippen MR) is 90.7 cm³/mol. The Kier molecular flexibility index (Phi) is 6.38. The van der Waals surface area contributed by atoms with Crippen LogP contribution >= 0.6 is 0 Å². The number of nitrogens with zero attached hydrogens (tertiary/aromatic N) is 2. The van der Waals surface area contributed by atoms with Crippen molar-refractivity contribution in [2.45, 2.75) is 4.90 Å². The van der Waals surface area contributed by atoms with Gasteiger partial charge < -0.3 is 14.4 Å². The molecule has 0 bridgehead atoms. The van der Waals surface area contributed by atoms with Gasteiger partial charge >= 0.3 is 29.6 Å². The molecule has 9 heteroatoms. The van der Waals surface area contributed by atoms with Crippen LogP contribution in [0.3, 0.4) is 0 Å². The number of methoxy groups -OCH3 is 1. The van der Waals surface area contributed by atoms with Crippen LogP contribution in [0.15, 0.2) is 69.7 Å². The van der Waals surface area contributed by atoms with Crippen LogP contribution in [0, 0.1) is 0 Å². The molecular weight excluding hydrogens is 367 g/mol. The second-order valence-electron chi connectivity index (χ2n) is 5.14. The van der Waals surface area contributed by atoms with Gasteiger partial charge in [0.05, 0.1) is 23.4 Å². The molecule has 0 saturated heterocycles. The van der Waals surface area contributed by atoms with Crippen molar-refractivity contribution < 1.29 is 52.4 Å². The molecule has 3 rings (SSSR count). The van der Waals surface area contributed by atoms with E-state index in [2.05, 4.69) is 10.2 Å². The number of benzene rings is 3. The molecule has 0 saturated carbocycles. The molecular formula is C17H13N2NaO5S.